The minimum Gasteiger partial charge on any atom is -0.331 e. The first-order valence-corrected chi connectivity index (χ1v) is 4.68. The lowest BCUT2D eigenvalue weighted by atomic mass is 10.2. The van der Waals surface area contributed by atoms with E-state index in [1.54, 1.807) is 18.5 Å². The van der Waals surface area contributed by atoms with Gasteiger partial charge in [0.2, 0.25) is 0 Å². The number of fused-ring (bicyclic) bond motifs is 1. The zero-order chi connectivity index (χ0) is 10.1. The number of aromatic nitrogens is 2. The Labute approximate surface area is 86.5 Å². The molecule has 0 saturated heterocycles. The van der Waals surface area contributed by atoms with Gasteiger partial charge < -0.3 is 4.57 Å². The second-order valence-electron chi connectivity index (χ2n) is 2.97. The first-order chi connectivity index (χ1) is 6.76. The van der Waals surface area contributed by atoms with Gasteiger partial charge in [0.25, 0.3) is 0 Å². The molecule has 0 radical (unpaired) electrons. The van der Waals surface area contributed by atoms with Crippen molar-refractivity contribution in [2.45, 2.75) is 13.5 Å². The first kappa shape index (κ1) is 9.04. The molecular formula is C10H8ClN3. The van der Waals surface area contributed by atoms with Gasteiger partial charge in [-0.25, -0.2) is 4.98 Å². The summed E-state index contributed by atoms with van der Waals surface area (Å²) >= 11 is 5.82. The van der Waals surface area contributed by atoms with E-state index in [0.29, 0.717) is 10.6 Å². The van der Waals surface area contributed by atoms with Crippen LogP contribution < -0.4 is 0 Å². The molecule has 0 amide bonds. The molecule has 2 heterocycles. The molecule has 70 valence electrons. The van der Waals surface area contributed by atoms with Crippen molar-refractivity contribution in [2.24, 2.45) is 0 Å². The van der Waals surface area contributed by atoms with Crippen molar-refractivity contribution in [3.8, 4) is 6.07 Å². The summed E-state index contributed by atoms with van der Waals surface area (Å²) in [6.07, 6.45) is 3.39. The molecule has 0 bridgehead atoms. The smallest absolute Gasteiger partial charge is 0.141 e. The van der Waals surface area contributed by atoms with Crippen molar-refractivity contribution in [3.05, 3.63) is 29.0 Å². The van der Waals surface area contributed by atoms with Gasteiger partial charge in [-0.05, 0) is 13.0 Å². The lowest BCUT2D eigenvalue weighted by Crippen LogP contribution is -1.92. The van der Waals surface area contributed by atoms with Gasteiger partial charge in [-0.3, -0.25) is 0 Å². The van der Waals surface area contributed by atoms with E-state index < -0.39 is 0 Å². The number of aryl methyl sites for hydroxylation is 1. The first-order valence-electron chi connectivity index (χ1n) is 4.30. The number of hydrogen-bond donors (Lipinski definition) is 0. The topological polar surface area (TPSA) is 41.6 Å². The van der Waals surface area contributed by atoms with E-state index in [1.807, 2.05) is 11.5 Å². The fourth-order valence-electron chi connectivity index (χ4n) is 1.48. The second kappa shape index (κ2) is 3.32. The molecule has 3 nitrogen and oxygen atoms in total. The van der Waals surface area contributed by atoms with E-state index in [1.165, 1.54) is 0 Å². The van der Waals surface area contributed by atoms with Crippen molar-refractivity contribution in [3.63, 3.8) is 0 Å². The normalized spacial score (nSPS) is 10.4. The number of hydrogen-bond acceptors (Lipinski definition) is 2. The molecule has 0 unspecified atom stereocenters. The molecule has 2 aromatic heterocycles. The number of nitriles is 1. The van der Waals surface area contributed by atoms with E-state index >= 15 is 0 Å². The van der Waals surface area contributed by atoms with E-state index in [0.717, 1.165) is 17.6 Å². The van der Waals surface area contributed by atoms with Crippen LogP contribution in [0.5, 0.6) is 0 Å². The predicted molar refractivity (Wildman–Crippen MR) is 55.1 cm³/mol. The highest BCUT2D eigenvalue weighted by atomic mass is 35.5. The van der Waals surface area contributed by atoms with Crippen molar-refractivity contribution >= 4 is 22.6 Å². The van der Waals surface area contributed by atoms with Crippen LogP contribution >= 0.6 is 11.6 Å². The highest BCUT2D eigenvalue weighted by Gasteiger charge is 2.08. The van der Waals surface area contributed by atoms with Crippen LogP contribution in [0.15, 0.2) is 18.5 Å². The fraction of sp³-hybridized carbons (Fsp3) is 0.200. The summed E-state index contributed by atoms with van der Waals surface area (Å²) in [5.74, 6) is 0. The minimum atomic E-state index is 0.558. The van der Waals surface area contributed by atoms with Gasteiger partial charge in [0.15, 0.2) is 0 Å². The number of rotatable bonds is 1. The van der Waals surface area contributed by atoms with Crippen LogP contribution in [0.3, 0.4) is 0 Å². The highest BCUT2D eigenvalue weighted by Crippen LogP contribution is 2.21. The summed E-state index contributed by atoms with van der Waals surface area (Å²) in [7, 11) is 0. The standard InChI is InChI=1S/C10H8ClN3/c1-2-14-6-7(4-12)9-3-8(11)5-13-10(9)14/h3,5-6H,2H2,1H3. The predicted octanol–water partition coefficient (Wildman–Crippen LogP) is 2.58. The summed E-state index contributed by atoms with van der Waals surface area (Å²) in [5, 5.41) is 10.3. The Morgan fingerprint density at radius 3 is 3.07 bits per heavy atom. The molecular weight excluding hydrogens is 198 g/mol. The SMILES string of the molecule is CCn1cc(C#N)c2cc(Cl)cnc21. The van der Waals surface area contributed by atoms with Crippen molar-refractivity contribution in [2.75, 3.05) is 0 Å². The Bertz CT molecular complexity index is 522. The number of halogens is 1. The molecule has 14 heavy (non-hydrogen) atoms. The van der Waals surface area contributed by atoms with Crippen LogP contribution in [0.4, 0.5) is 0 Å². The van der Waals surface area contributed by atoms with Gasteiger partial charge >= 0.3 is 0 Å². The van der Waals surface area contributed by atoms with Gasteiger partial charge in [0, 0.05) is 24.3 Å². The monoisotopic (exact) mass is 205 g/mol. The minimum absolute atomic E-state index is 0.558. The average molecular weight is 206 g/mol. The average Bonchev–Trinajstić information content (AvgIpc) is 2.55. The van der Waals surface area contributed by atoms with Gasteiger partial charge in [0.05, 0.1) is 10.6 Å². The van der Waals surface area contributed by atoms with E-state index in [4.69, 9.17) is 16.9 Å². The molecule has 0 saturated carbocycles. The maximum atomic E-state index is 8.90. The largest absolute Gasteiger partial charge is 0.331 e. The van der Waals surface area contributed by atoms with Crippen LogP contribution in [0, 0.1) is 11.3 Å². The quantitative estimate of drug-likeness (QED) is 0.718. The van der Waals surface area contributed by atoms with Crippen LogP contribution in [-0.2, 0) is 6.54 Å². The van der Waals surface area contributed by atoms with Crippen molar-refractivity contribution in [1.82, 2.24) is 9.55 Å². The lowest BCUT2D eigenvalue weighted by Gasteiger charge is -1.97. The molecule has 0 N–H and O–H groups in total. The van der Waals surface area contributed by atoms with Gasteiger partial charge in [-0.1, -0.05) is 11.6 Å². The maximum Gasteiger partial charge on any atom is 0.141 e. The fourth-order valence-corrected chi connectivity index (χ4v) is 1.63. The molecule has 0 atom stereocenters. The Balaban J connectivity index is 2.84. The molecule has 2 aromatic rings. The van der Waals surface area contributed by atoms with Crippen molar-refractivity contribution < 1.29 is 0 Å². The molecule has 0 aromatic carbocycles. The number of pyridine rings is 1. The maximum absolute atomic E-state index is 8.90. The van der Waals surface area contributed by atoms with Gasteiger partial charge in [0.1, 0.15) is 11.7 Å². The molecule has 2 rings (SSSR count). The molecule has 0 aliphatic carbocycles. The van der Waals surface area contributed by atoms with Gasteiger partial charge in [-0.2, -0.15) is 5.26 Å². The zero-order valence-electron chi connectivity index (χ0n) is 7.66. The molecule has 4 heteroatoms. The van der Waals surface area contributed by atoms with Crippen LogP contribution in [0.25, 0.3) is 11.0 Å². The van der Waals surface area contributed by atoms with Gasteiger partial charge in [-0.15, -0.1) is 0 Å². The molecule has 0 spiro atoms. The van der Waals surface area contributed by atoms with Crippen LogP contribution in [0.1, 0.15) is 12.5 Å². The van der Waals surface area contributed by atoms with Crippen molar-refractivity contribution in [1.29, 1.82) is 5.26 Å². The Hall–Kier alpha value is -1.53. The molecule has 0 fully saturated rings. The Morgan fingerprint density at radius 2 is 2.43 bits per heavy atom. The van der Waals surface area contributed by atoms with E-state index in [9.17, 15) is 0 Å². The van der Waals surface area contributed by atoms with E-state index in [-0.39, 0.29) is 0 Å². The van der Waals surface area contributed by atoms with Crippen LogP contribution in [-0.4, -0.2) is 9.55 Å². The molecule has 0 aliphatic rings. The number of nitrogens with zero attached hydrogens (tertiary/aromatic N) is 3. The van der Waals surface area contributed by atoms with E-state index in [2.05, 4.69) is 11.1 Å². The second-order valence-corrected chi connectivity index (χ2v) is 3.40. The third-order valence-corrected chi connectivity index (χ3v) is 2.35. The Kier molecular flexibility index (Phi) is 2.14. The third-order valence-electron chi connectivity index (χ3n) is 2.14. The summed E-state index contributed by atoms with van der Waals surface area (Å²) < 4.78 is 1.93. The molecule has 0 aliphatic heterocycles. The lowest BCUT2D eigenvalue weighted by molar-refractivity contribution is 0.787. The summed E-state index contributed by atoms with van der Waals surface area (Å²) in [6, 6.07) is 3.90. The summed E-state index contributed by atoms with van der Waals surface area (Å²) in [5.41, 5.74) is 1.44. The Morgan fingerprint density at radius 1 is 1.64 bits per heavy atom. The van der Waals surface area contributed by atoms with Crippen LogP contribution in [0.2, 0.25) is 5.02 Å². The zero-order valence-corrected chi connectivity index (χ0v) is 8.41. The summed E-state index contributed by atoms with van der Waals surface area (Å²) in [4.78, 5) is 4.20. The highest BCUT2D eigenvalue weighted by molar-refractivity contribution is 6.31. The third kappa shape index (κ3) is 1.24. The summed E-state index contributed by atoms with van der Waals surface area (Å²) in [6.45, 7) is 2.81.